The second kappa shape index (κ2) is 7.32. The van der Waals surface area contributed by atoms with Gasteiger partial charge in [-0.1, -0.05) is 0 Å². The first-order valence-corrected chi connectivity index (χ1v) is 8.56. The van der Waals surface area contributed by atoms with Gasteiger partial charge in [-0.2, -0.15) is 4.99 Å². The predicted molar refractivity (Wildman–Crippen MR) is 100 cm³/mol. The molecular weight excluding hydrogens is 322 g/mol. The number of aliphatic imine (C=N–C) groups is 1. The Hall–Kier alpha value is -1.91. The summed E-state index contributed by atoms with van der Waals surface area (Å²) in [6.45, 7) is 11.3. The average molecular weight is 347 g/mol. The highest BCUT2D eigenvalue weighted by Gasteiger charge is 2.35. The number of anilines is 1. The third-order valence-corrected chi connectivity index (χ3v) is 4.00. The molecule has 0 aliphatic carbocycles. The molecular formula is C18H25N3O2S. The summed E-state index contributed by atoms with van der Waals surface area (Å²) in [5.74, 6) is 0. The first-order chi connectivity index (χ1) is 11.2. The summed E-state index contributed by atoms with van der Waals surface area (Å²) in [6.07, 6.45) is -0.243. The topological polar surface area (TPSA) is 45.1 Å². The SMILES string of the molecule is C[C@@H]1CN(c2ccc(N=C=S)cc2)C[C@H](C)N1C(=O)OC(C)(C)C. The molecule has 5 nitrogen and oxygen atoms in total. The molecule has 1 heterocycles. The first-order valence-electron chi connectivity index (χ1n) is 8.15. The van der Waals surface area contributed by atoms with Crippen LogP contribution in [-0.2, 0) is 4.74 Å². The van der Waals surface area contributed by atoms with E-state index in [1.807, 2.05) is 49.9 Å². The third-order valence-electron chi connectivity index (χ3n) is 3.91. The maximum atomic E-state index is 12.5. The lowest BCUT2D eigenvalue weighted by molar-refractivity contribution is 0.00566. The maximum absolute atomic E-state index is 12.5. The molecule has 0 saturated carbocycles. The molecule has 1 aromatic carbocycles. The van der Waals surface area contributed by atoms with Gasteiger partial charge in [-0.25, -0.2) is 4.79 Å². The minimum atomic E-state index is -0.480. The third kappa shape index (κ3) is 4.56. The van der Waals surface area contributed by atoms with Crippen LogP contribution in [0.3, 0.4) is 0 Å². The van der Waals surface area contributed by atoms with E-state index in [0.717, 1.165) is 24.5 Å². The number of amides is 1. The summed E-state index contributed by atoms with van der Waals surface area (Å²) < 4.78 is 5.54. The number of nitrogens with zero attached hydrogens (tertiary/aromatic N) is 3. The number of thiocarbonyl (C=S) groups is 1. The molecule has 0 aromatic heterocycles. The van der Waals surface area contributed by atoms with Crippen LogP contribution >= 0.6 is 12.2 Å². The van der Waals surface area contributed by atoms with Gasteiger partial charge in [0.15, 0.2) is 0 Å². The largest absolute Gasteiger partial charge is 0.444 e. The van der Waals surface area contributed by atoms with Gasteiger partial charge in [0, 0.05) is 18.8 Å². The van der Waals surface area contributed by atoms with Crippen molar-refractivity contribution < 1.29 is 9.53 Å². The number of rotatable bonds is 2. The molecule has 1 saturated heterocycles. The van der Waals surface area contributed by atoms with Crippen LogP contribution < -0.4 is 4.90 Å². The van der Waals surface area contributed by atoms with Gasteiger partial charge in [0.05, 0.1) is 22.9 Å². The summed E-state index contributed by atoms with van der Waals surface area (Å²) in [4.78, 5) is 20.5. The standard InChI is InChI=1S/C18H25N3O2S/c1-13-10-20(16-8-6-15(7-9-16)19-12-24)11-14(2)21(13)17(22)23-18(3,4)5/h6-9,13-14H,10-11H2,1-5H3/t13-,14+. The van der Waals surface area contributed by atoms with Crippen molar-refractivity contribution in [2.45, 2.75) is 52.3 Å². The molecule has 2 atom stereocenters. The zero-order valence-corrected chi connectivity index (χ0v) is 15.8. The number of piperazine rings is 1. The molecule has 2 rings (SSSR count). The zero-order chi connectivity index (χ0) is 17.9. The van der Waals surface area contributed by atoms with Crippen LogP contribution in [0.4, 0.5) is 16.2 Å². The maximum Gasteiger partial charge on any atom is 0.410 e. The van der Waals surface area contributed by atoms with Gasteiger partial charge in [0.25, 0.3) is 0 Å². The van der Waals surface area contributed by atoms with Crippen LogP contribution in [0.15, 0.2) is 29.3 Å². The van der Waals surface area contributed by atoms with Gasteiger partial charge >= 0.3 is 6.09 Å². The van der Waals surface area contributed by atoms with Gasteiger partial charge in [-0.15, -0.1) is 0 Å². The molecule has 0 N–H and O–H groups in total. The Labute approximate surface area is 149 Å². The molecule has 1 amide bonds. The summed E-state index contributed by atoms with van der Waals surface area (Å²) in [5, 5.41) is 2.37. The molecule has 1 fully saturated rings. The normalized spacial score (nSPS) is 21.2. The van der Waals surface area contributed by atoms with E-state index in [2.05, 4.69) is 41.1 Å². The molecule has 6 heteroatoms. The number of carbonyl (C=O) groups excluding carboxylic acids is 1. The van der Waals surface area contributed by atoms with E-state index < -0.39 is 5.60 Å². The predicted octanol–water partition coefficient (Wildman–Crippen LogP) is 4.26. The Morgan fingerprint density at radius 3 is 2.21 bits per heavy atom. The Balaban J connectivity index is 2.09. The molecule has 1 aliphatic heterocycles. The molecule has 0 bridgehead atoms. The second-order valence-corrected chi connectivity index (χ2v) is 7.39. The van der Waals surface area contributed by atoms with Gasteiger partial charge in [0.2, 0.25) is 0 Å². The second-order valence-electron chi connectivity index (χ2n) is 7.21. The van der Waals surface area contributed by atoms with E-state index in [0.29, 0.717) is 0 Å². The molecule has 1 aliphatic rings. The van der Waals surface area contributed by atoms with E-state index in [4.69, 9.17) is 4.74 Å². The summed E-state index contributed by atoms with van der Waals surface area (Å²) >= 11 is 4.62. The summed E-state index contributed by atoms with van der Waals surface area (Å²) in [6, 6.07) is 8.03. The van der Waals surface area contributed by atoms with Crippen molar-refractivity contribution in [3.63, 3.8) is 0 Å². The van der Waals surface area contributed by atoms with Gasteiger partial charge in [0.1, 0.15) is 5.60 Å². The molecule has 1 aromatic rings. The summed E-state index contributed by atoms with van der Waals surface area (Å²) in [5.41, 5.74) is 1.43. The van der Waals surface area contributed by atoms with Crippen LogP contribution in [0.1, 0.15) is 34.6 Å². The molecule has 0 spiro atoms. The van der Waals surface area contributed by atoms with E-state index in [-0.39, 0.29) is 18.2 Å². The quantitative estimate of drug-likeness (QED) is 0.592. The Morgan fingerprint density at radius 1 is 1.21 bits per heavy atom. The Morgan fingerprint density at radius 2 is 1.75 bits per heavy atom. The first kappa shape index (κ1) is 18.4. The van der Waals surface area contributed by atoms with E-state index in [1.165, 1.54) is 0 Å². The lowest BCUT2D eigenvalue weighted by atomic mass is 10.1. The highest BCUT2D eigenvalue weighted by Crippen LogP contribution is 2.26. The highest BCUT2D eigenvalue weighted by atomic mass is 32.1. The Bertz CT molecular complexity index is 621. The number of hydrogen-bond acceptors (Lipinski definition) is 5. The fraction of sp³-hybridized carbons (Fsp3) is 0.556. The van der Waals surface area contributed by atoms with E-state index in [9.17, 15) is 4.79 Å². The lowest BCUT2D eigenvalue weighted by Gasteiger charge is -2.45. The number of isothiocyanates is 1. The number of carbonyl (C=O) groups is 1. The van der Waals surface area contributed by atoms with Crippen molar-refractivity contribution in [2.75, 3.05) is 18.0 Å². The smallest absolute Gasteiger partial charge is 0.410 e. The molecule has 24 heavy (non-hydrogen) atoms. The van der Waals surface area contributed by atoms with Crippen molar-refractivity contribution in [1.29, 1.82) is 0 Å². The van der Waals surface area contributed by atoms with Crippen LogP contribution in [-0.4, -0.2) is 46.9 Å². The van der Waals surface area contributed by atoms with Crippen molar-refractivity contribution in [3.05, 3.63) is 24.3 Å². The number of benzene rings is 1. The van der Waals surface area contributed by atoms with Crippen LogP contribution in [0.5, 0.6) is 0 Å². The average Bonchev–Trinajstić information content (AvgIpc) is 2.45. The molecule has 130 valence electrons. The fourth-order valence-electron chi connectivity index (χ4n) is 3.00. The minimum absolute atomic E-state index is 0.0715. The van der Waals surface area contributed by atoms with E-state index >= 15 is 0 Å². The minimum Gasteiger partial charge on any atom is -0.444 e. The van der Waals surface area contributed by atoms with Gasteiger partial charge < -0.3 is 9.64 Å². The van der Waals surface area contributed by atoms with Crippen LogP contribution in [0, 0.1) is 0 Å². The number of ether oxygens (including phenoxy) is 1. The van der Waals surface area contributed by atoms with Crippen molar-refractivity contribution in [1.82, 2.24) is 4.90 Å². The van der Waals surface area contributed by atoms with Crippen molar-refractivity contribution in [2.24, 2.45) is 4.99 Å². The summed E-state index contributed by atoms with van der Waals surface area (Å²) in [7, 11) is 0. The monoisotopic (exact) mass is 347 g/mol. The fourth-order valence-corrected chi connectivity index (χ4v) is 3.10. The highest BCUT2D eigenvalue weighted by molar-refractivity contribution is 7.78. The molecule has 0 unspecified atom stereocenters. The van der Waals surface area contributed by atoms with Gasteiger partial charge in [-0.05, 0) is 71.1 Å². The van der Waals surface area contributed by atoms with Crippen LogP contribution in [0.25, 0.3) is 0 Å². The number of hydrogen-bond donors (Lipinski definition) is 0. The van der Waals surface area contributed by atoms with Gasteiger partial charge in [-0.3, -0.25) is 4.90 Å². The van der Waals surface area contributed by atoms with Crippen molar-refractivity contribution >= 4 is 34.8 Å². The Kier molecular flexibility index (Phi) is 5.62. The van der Waals surface area contributed by atoms with E-state index in [1.54, 1.807) is 0 Å². The lowest BCUT2D eigenvalue weighted by Crippen LogP contribution is -2.59. The molecule has 0 radical (unpaired) electrons. The zero-order valence-electron chi connectivity index (χ0n) is 14.9. The van der Waals surface area contributed by atoms with Crippen molar-refractivity contribution in [3.8, 4) is 0 Å². The van der Waals surface area contributed by atoms with Crippen LogP contribution in [0.2, 0.25) is 0 Å².